The Hall–Kier alpha value is -3.07. The Morgan fingerprint density at radius 2 is 1.71 bits per heavy atom. The molecule has 1 N–H and O–H groups in total. The maximum atomic E-state index is 13.4. The first-order valence-corrected chi connectivity index (χ1v) is 12.0. The summed E-state index contributed by atoms with van der Waals surface area (Å²) in [6.07, 6.45) is -1.99. The molecule has 7 rings (SSSR count). The number of amides is 1. The van der Waals surface area contributed by atoms with Gasteiger partial charge in [-0.15, -0.1) is 8.78 Å². The van der Waals surface area contributed by atoms with Crippen LogP contribution in [-0.4, -0.2) is 49.6 Å². The molecule has 0 saturated carbocycles. The van der Waals surface area contributed by atoms with Crippen LogP contribution in [0.4, 0.5) is 13.6 Å². The Labute approximate surface area is 202 Å². The van der Waals surface area contributed by atoms with Crippen LogP contribution >= 0.6 is 0 Å². The molecule has 186 valence electrons. The van der Waals surface area contributed by atoms with Gasteiger partial charge in [0, 0.05) is 17.5 Å². The molecule has 1 amide bonds. The molecular formula is C26H28F2N2O5. The number of carbonyl (C=O) groups excluding carboxylic acids is 1. The Balaban J connectivity index is 1.22. The average molecular weight is 487 g/mol. The lowest BCUT2D eigenvalue weighted by Gasteiger charge is -2.44. The fourth-order valence-electron chi connectivity index (χ4n) is 5.58. The van der Waals surface area contributed by atoms with E-state index in [4.69, 9.17) is 9.47 Å². The molecule has 3 fully saturated rings. The monoisotopic (exact) mass is 486 g/mol. The molecule has 2 aromatic carbocycles. The van der Waals surface area contributed by atoms with Crippen molar-refractivity contribution in [2.45, 2.75) is 45.1 Å². The summed E-state index contributed by atoms with van der Waals surface area (Å²) in [5.74, 6) is 1.06. The predicted molar refractivity (Wildman–Crippen MR) is 123 cm³/mol. The van der Waals surface area contributed by atoms with Gasteiger partial charge < -0.3 is 24.3 Å². The number of carbonyl (C=O) groups is 1. The number of alkyl halides is 2. The van der Waals surface area contributed by atoms with Crippen LogP contribution in [0.2, 0.25) is 0 Å². The van der Waals surface area contributed by atoms with Gasteiger partial charge in [-0.1, -0.05) is 32.0 Å². The number of ether oxygens (including phenoxy) is 4. The Bertz CT molecular complexity index is 1160. The van der Waals surface area contributed by atoms with Gasteiger partial charge in [0.05, 0.1) is 12.6 Å². The van der Waals surface area contributed by atoms with E-state index in [1.807, 2.05) is 32.0 Å². The van der Waals surface area contributed by atoms with Crippen molar-refractivity contribution in [3.63, 3.8) is 0 Å². The molecule has 9 heteroatoms. The Kier molecular flexibility index (Phi) is 5.11. The summed E-state index contributed by atoms with van der Waals surface area (Å²) in [5.41, 5.74) is 1.96. The number of benzene rings is 2. The number of halogens is 2. The number of nitrogens with zero attached hydrogens (tertiary/aromatic N) is 1. The van der Waals surface area contributed by atoms with Crippen LogP contribution in [0.1, 0.15) is 38.3 Å². The minimum absolute atomic E-state index is 0.000438. The van der Waals surface area contributed by atoms with Crippen molar-refractivity contribution < 1.29 is 32.5 Å². The summed E-state index contributed by atoms with van der Waals surface area (Å²) in [7, 11) is 0. The topological polar surface area (TPSA) is 69.3 Å². The number of hydrogen-bond acceptors (Lipinski definition) is 6. The van der Waals surface area contributed by atoms with Crippen molar-refractivity contribution in [2.24, 2.45) is 11.3 Å². The van der Waals surface area contributed by atoms with Gasteiger partial charge in [-0.3, -0.25) is 4.90 Å². The van der Waals surface area contributed by atoms with E-state index in [2.05, 4.69) is 19.7 Å². The van der Waals surface area contributed by atoms with Crippen LogP contribution in [0.5, 0.6) is 17.2 Å². The maximum absolute atomic E-state index is 13.4. The van der Waals surface area contributed by atoms with Crippen LogP contribution < -0.4 is 19.5 Å². The summed E-state index contributed by atoms with van der Waals surface area (Å²) in [4.78, 5) is 15.3. The molecule has 5 aliphatic heterocycles. The van der Waals surface area contributed by atoms with Crippen molar-refractivity contribution >= 4 is 6.09 Å². The molecule has 3 saturated heterocycles. The van der Waals surface area contributed by atoms with Crippen molar-refractivity contribution in [1.29, 1.82) is 0 Å². The highest BCUT2D eigenvalue weighted by molar-refractivity contribution is 5.72. The summed E-state index contributed by atoms with van der Waals surface area (Å²) in [5, 5.41) is 3.09. The Morgan fingerprint density at radius 3 is 2.43 bits per heavy atom. The zero-order chi connectivity index (χ0) is 24.4. The zero-order valence-corrected chi connectivity index (χ0v) is 19.7. The second-order valence-electron chi connectivity index (χ2n) is 10.5. The third-order valence-electron chi connectivity index (χ3n) is 7.56. The van der Waals surface area contributed by atoms with Crippen LogP contribution in [0.3, 0.4) is 0 Å². The third kappa shape index (κ3) is 4.16. The van der Waals surface area contributed by atoms with E-state index in [1.54, 1.807) is 6.07 Å². The van der Waals surface area contributed by atoms with E-state index < -0.39 is 12.4 Å². The fraction of sp³-hybridized carbons (Fsp3) is 0.500. The smallest absolute Gasteiger partial charge is 0.493 e. The van der Waals surface area contributed by atoms with Crippen molar-refractivity contribution in [3.8, 4) is 28.4 Å². The van der Waals surface area contributed by atoms with Crippen LogP contribution in [0.15, 0.2) is 36.4 Å². The van der Waals surface area contributed by atoms with Crippen molar-refractivity contribution in [1.82, 2.24) is 10.2 Å². The van der Waals surface area contributed by atoms with Crippen molar-refractivity contribution in [2.75, 3.05) is 26.2 Å². The van der Waals surface area contributed by atoms with E-state index in [9.17, 15) is 13.6 Å². The van der Waals surface area contributed by atoms with Gasteiger partial charge in [-0.25, -0.2) is 4.79 Å². The SMILES string of the molecule is CC1(C)COc2cc(-c3ccc4c(c3)OC(F)(F)O4)ccc2C1NC(=O)O[C@@H]1CN2CCC1CC2. The molecule has 7 nitrogen and oxygen atoms in total. The highest BCUT2D eigenvalue weighted by Crippen LogP contribution is 2.46. The minimum Gasteiger partial charge on any atom is -0.493 e. The molecule has 0 spiro atoms. The minimum atomic E-state index is -3.66. The second kappa shape index (κ2) is 7.98. The predicted octanol–water partition coefficient (Wildman–Crippen LogP) is 4.96. The fourth-order valence-corrected chi connectivity index (χ4v) is 5.58. The van der Waals surface area contributed by atoms with Crippen LogP contribution in [0, 0.1) is 11.3 Å². The van der Waals surface area contributed by atoms with Gasteiger partial charge in [0.2, 0.25) is 0 Å². The molecule has 1 unspecified atom stereocenters. The van der Waals surface area contributed by atoms with Crippen LogP contribution in [0.25, 0.3) is 11.1 Å². The van der Waals surface area contributed by atoms with Gasteiger partial charge in [-0.05, 0) is 61.2 Å². The number of alkyl carbamates (subject to hydrolysis) is 1. The van der Waals surface area contributed by atoms with E-state index in [-0.39, 0.29) is 29.1 Å². The second-order valence-corrected chi connectivity index (χ2v) is 10.5. The summed E-state index contributed by atoms with van der Waals surface area (Å²) in [6.45, 7) is 7.46. The van der Waals surface area contributed by atoms with Crippen molar-refractivity contribution in [3.05, 3.63) is 42.0 Å². The molecule has 5 aliphatic rings. The first-order valence-electron chi connectivity index (χ1n) is 12.0. The summed E-state index contributed by atoms with van der Waals surface area (Å²) in [6, 6.07) is 10.0. The summed E-state index contributed by atoms with van der Waals surface area (Å²) >= 11 is 0. The molecule has 2 atom stereocenters. The quantitative estimate of drug-likeness (QED) is 0.662. The van der Waals surface area contributed by atoms with Gasteiger partial charge in [0.1, 0.15) is 11.9 Å². The highest BCUT2D eigenvalue weighted by atomic mass is 19.3. The molecule has 35 heavy (non-hydrogen) atoms. The summed E-state index contributed by atoms with van der Waals surface area (Å²) < 4.78 is 47.8. The van der Waals surface area contributed by atoms with E-state index in [0.717, 1.165) is 43.6 Å². The molecule has 0 aliphatic carbocycles. The van der Waals surface area contributed by atoms with Gasteiger partial charge in [-0.2, -0.15) is 0 Å². The number of nitrogens with one attached hydrogen (secondary N) is 1. The van der Waals surface area contributed by atoms with Gasteiger partial charge in [0.15, 0.2) is 11.5 Å². The van der Waals surface area contributed by atoms with E-state index in [1.165, 1.54) is 12.1 Å². The molecule has 2 bridgehead atoms. The normalized spacial score (nSPS) is 29.1. The molecule has 0 radical (unpaired) electrons. The lowest BCUT2D eigenvalue weighted by molar-refractivity contribution is -0.286. The maximum Gasteiger partial charge on any atom is 0.586 e. The number of hydrogen-bond donors (Lipinski definition) is 1. The first-order chi connectivity index (χ1) is 16.7. The lowest BCUT2D eigenvalue weighted by atomic mass is 9.78. The highest BCUT2D eigenvalue weighted by Gasteiger charge is 2.44. The van der Waals surface area contributed by atoms with Gasteiger partial charge in [0.25, 0.3) is 0 Å². The lowest BCUT2D eigenvalue weighted by Crippen LogP contribution is -2.53. The number of piperidine rings is 3. The average Bonchev–Trinajstić information content (AvgIpc) is 3.14. The molecular weight excluding hydrogens is 458 g/mol. The van der Waals surface area contributed by atoms with E-state index >= 15 is 0 Å². The molecule has 2 aromatic rings. The van der Waals surface area contributed by atoms with E-state index in [0.29, 0.717) is 23.8 Å². The number of fused-ring (bicyclic) bond motifs is 5. The first kappa shape index (κ1) is 22.4. The third-order valence-corrected chi connectivity index (χ3v) is 7.56. The molecule has 0 aromatic heterocycles. The largest absolute Gasteiger partial charge is 0.586 e. The van der Waals surface area contributed by atoms with Gasteiger partial charge >= 0.3 is 12.4 Å². The Morgan fingerprint density at radius 1 is 1.03 bits per heavy atom. The molecule has 5 heterocycles. The number of rotatable bonds is 3. The van der Waals surface area contributed by atoms with Crippen LogP contribution in [-0.2, 0) is 4.74 Å². The zero-order valence-electron chi connectivity index (χ0n) is 19.7. The standard InChI is InChI=1S/C26H28F2N2O5/c1-25(2)14-32-20-11-16(17-4-6-19-21(12-17)35-26(27,28)34-19)3-5-18(20)23(25)29-24(31)33-22-13-30-9-7-15(22)8-10-30/h3-6,11-12,15,22-23H,7-10,13-14H2,1-2H3,(H,29,31)/t22-,23?/m1/s1.